The standard InChI is InChI=1S/C20H23N3O5/c1-12-19(13(2)23(4)22-12)21-20(25)14(3)28-18(24)8-6-15-5-7-16-17(11-15)27-10-9-26-16/h5-8,11,14H,9-10H2,1-4H3,(H,21,25)/b8-6+/t14-/m0/s1. The first-order chi connectivity index (χ1) is 13.3. The molecule has 1 aliphatic heterocycles. The monoisotopic (exact) mass is 385 g/mol. The smallest absolute Gasteiger partial charge is 0.331 e. The predicted octanol–water partition coefficient (Wildman–Crippen LogP) is 2.39. The van der Waals surface area contributed by atoms with E-state index in [1.54, 1.807) is 42.9 Å². The maximum Gasteiger partial charge on any atom is 0.331 e. The number of rotatable bonds is 5. The van der Waals surface area contributed by atoms with Crippen molar-refractivity contribution in [2.24, 2.45) is 7.05 Å². The predicted molar refractivity (Wildman–Crippen MR) is 103 cm³/mol. The van der Waals surface area contributed by atoms with Crippen LogP contribution in [0.1, 0.15) is 23.9 Å². The number of carbonyl (C=O) groups excluding carboxylic acids is 2. The van der Waals surface area contributed by atoms with E-state index in [9.17, 15) is 9.59 Å². The van der Waals surface area contributed by atoms with Gasteiger partial charge in [0.25, 0.3) is 5.91 Å². The lowest BCUT2D eigenvalue weighted by molar-refractivity contribution is -0.148. The van der Waals surface area contributed by atoms with E-state index < -0.39 is 18.0 Å². The quantitative estimate of drug-likeness (QED) is 0.628. The van der Waals surface area contributed by atoms with Gasteiger partial charge in [-0.2, -0.15) is 5.10 Å². The average Bonchev–Trinajstić information content (AvgIpc) is 2.92. The highest BCUT2D eigenvalue weighted by atomic mass is 16.6. The van der Waals surface area contributed by atoms with Gasteiger partial charge in [0.1, 0.15) is 13.2 Å². The van der Waals surface area contributed by atoms with Gasteiger partial charge < -0.3 is 19.5 Å². The number of aryl methyl sites for hydroxylation is 2. The summed E-state index contributed by atoms with van der Waals surface area (Å²) >= 11 is 0. The highest BCUT2D eigenvalue weighted by molar-refractivity contribution is 5.97. The molecule has 1 aromatic carbocycles. The van der Waals surface area contributed by atoms with Gasteiger partial charge >= 0.3 is 5.97 Å². The SMILES string of the molecule is Cc1nn(C)c(C)c1NC(=O)[C@H](C)OC(=O)/C=C/c1ccc2c(c1)OCCO2. The van der Waals surface area contributed by atoms with E-state index in [2.05, 4.69) is 10.4 Å². The fraction of sp³-hybridized carbons (Fsp3) is 0.350. The fourth-order valence-corrected chi connectivity index (χ4v) is 2.77. The van der Waals surface area contributed by atoms with Gasteiger partial charge in [0.2, 0.25) is 0 Å². The highest BCUT2D eigenvalue weighted by Gasteiger charge is 2.20. The molecule has 2 heterocycles. The Labute approximate surface area is 163 Å². The molecule has 0 saturated heterocycles. The largest absolute Gasteiger partial charge is 0.486 e. The Kier molecular flexibility index (Phi) is 5.67. The lowest BCUT2D eigenvalue weighted by Crippen LogP contribution is -2.29. The van der Waals surface area contributed by atoms with Crippen molar-refractivity contribution in [2.45, 2.75) is 26.9 Å². The molecule has 148 valence electrons. The van der Waals surface area contributed by atoms with E-state index in [0.29, 0.717) is 36.1 Å². The van der Waals surface area contributed by atoms with Crippen LogP contribution >= 0.6 is 0 Å². The summed E-state index contributed by atoms with van der Waals surface area (Å²) in [6, 6.07) is 5.37. The molecule has 2 aromatic rings. The third-order valence-corrected chi connectivity index (χ3v) is 4.40. The molecule has 0 unspecified atom stereocenters. The minimum absolute atomic E-state index is 0.416. The summed E-state index contributed by atoms with van der Waals surface area (Å²) in [4.78, 5) is 24.4. The Balaban J connectivity index is 1.57. The van der Waals surface area contributed by atoms with Crippen molar-refractivity contribution in [3.63, 3.8) is 0 Å². The molecule has 1 N–H and O–H groups in total. The van der Waals surface area contributed by atoms with Crippen LogP contribution < -0.4 is 14.8 Å². The van der Waals surface area contributed by atoms with Gasteiger partial charge in [-0.15, -0.1) is 0 Å². The molecule has 0 radical (unpaired) electrons. The van der Waals surface area contributed by atoms with Gasteiger partial charge in [0.15, 0.2) is 17.6 Å². The van der Waals surface area contributed by atoms with Gasteiger partial charge in [-0.25, -0.2) is 4.79 Å². The molecular weight excluding hydrogens is 362 g/mol. The van der Waals surface area contributed by atoms with Gasteiger partial charge in [-0.3, -0.25) is 9.48 Å². The van der Waals surface area contributed by atoms with E-state index in [4.69, 9.17) is 14.2 Å². The Morgan fingerprint density at radius 2 is 1.96 bits per heavy atom. The number of hydrogen-bond donors (Lipinski definition) is 1. The number of aromatic nitrogens is 2. The Hall–Kier alpha value is -3.29. The lowest BCUT2D eigenvalue weighted by Gasteiger charge is -2.18. The van der Waals surface area contributed by atoms with Gasteiger partial charge in [0.05, 0.1) is 17.1 Å². The van der Waals surface area contributed by atoms with Crippen molar-refractivity contribution in [1.29, 1.82) is 0 Å². The molecule has 28 heavy (non-hydrogen) atoms. The maximum atomic E-state index is 12.3. The number of carbonyl (C=O) groups is 2. The van der Waals surface area contributed by atoms with Crippen LogP contribution in [0.25, 0.3) is 6.08 Å². The second-order valence-electron chi connectivity index (χ2n) is 6.47. The zero-order valence-corrected chi connectivity index (χ0v) is 16.3. The molecule has 1 aliphatic rings. The van der Waals surface area contributed by atoms with Crippen molar-refractivity contribution in [3.05, 3.63) is 41.2 Å². The molecule has 0 fully saturated rings. The fourth-order valence-electron chi connectivity index (χ4n) is 2.77. The molecule has 3 rings (SSSR count). The van der Waals surface area contributed by atoms with Crippen LogP contribution in [0.2, 0.25) is 0 Å². The molecule has 1 atom stereocenters. The molecule has 0 bridgehead atoms. The molecule has 1 aromatic heterocycles. The number of benzene rings is 1. The molecule has 8 nitrogen and oxygen atoms in total. The summed E-state index contributed by atoms with van der Waals surface area (Å²) in [5.41, 5.74) is 2.91. The topological polar surface area (TPSA) is 91.7 Å². The van der Waals surface area contributed by atoms with Crippen LogP contribution in [-0.2, 0) is 21.4 Å². The van der Waals surface area contributed by atoms with Gasteiger partial charge in [-0.1, -0.05) is 6.07 Å². The summed E-state index contributed by atoms with van der Waals surface area (Å²) in [7, 11) is 1.80. The first kappa shape index (κ1) is 19.5. The summed E-state index contributed by atoms with van der Waals surface area (Å²) in [6.45, 7) is 6.18. The van der Waals surface area contributed by atoms with Crippen LogP contribution in [0.4, 0.5) is 5.69 Å². The number of ether oxygens (including phenoxy) is 3. The second kappa shape index (κ2) is 8.16. The van der Waals surface area contributed by atoms with E-state index >= 15 is 0 Å². The Morgan fingerprint density at radius 1 is 1.25 bits per heavy atom. The first-order valence-corrected chi connectivity index (χ1v) is 8.94. The number of nitrogens with zero attached hydrogens (tertiary/aromatic N) is 2. The number of nitrogens with one attached hydrogen (secondary N) is 1. The maximum absolute atomic E-state index is 12.3. The normalized spacial score (nSPS) is 14.0. The molecule has 8 heteroatoms. The molecular formula is C20H23N3O5. The van der Waals surface area contributed by atoms with E-state index in [1.165, 1.54) is 13.0 Å². The zero-order chi connectivity index (χ0) is 20.3. The summed E-state index contributed by atoms with van der Waals surface area (Å²) in [6.07, 6.45) is 1.92. The Bertz CT molecular complexity index is 932. The van der Waals surface area contributed by atoms with E-state index in [-0.39, 0.29) is 0 Å². The van der Waals surface area contributed by atoms with E-state index in [1.807, 2.05) is 6.92 Å². The van der Waals surface area contributed by atoms with Crippen LogP contribution in [0.15, 0.2) is 24.3 Å². The third kappa shape index (κ3) is 4.33. The minimum Gasteiger partial charge on any atom is -0.486 e. The minimum atomic E-state index is -0.948. The summed E-state index contributed by atoms with van der Waals surface area (Å²) < 4.78 is 17.8. The van der Waals surface area contributed by atoms with Crippen molar-refractivity contribution < 1.29 is 23.8 Å². The molecule has 0 saturated carbocycles. The van der Waals surface area contributed by atoms with Crippen LogP contribution in [0, 0.1) is 13.8 Å². The number of fused-ring (bicyclic) bond motifs is 1. The molecule has 1 amide bonds. The lowest BCUT2D eigenvalue weighted by atomic mass is 10.2. The second-order valence-corrected chi connectivity index (χ2v) is 6.47. The first-order valence-electron chi connectivity index (χ1n) is 8.94. The van der Waals surface area contributed by atoms with Gasteiger partial charge in [-0.05, 0) is 44.5 Å². The molecule has 0 spiro atoms. The Morgan fingerprint density at radius 3 is 2.64 bits per heavy atom. The van der Waals surface area contributed by atoms with Crippen LogP contribution in [0.5, 0.6) is 11.5 Å². The number of esters is 1. The van der Waals surface area contributed by atoms with Gasteiger partial charge in [0, 0.05) is 13.1 Å². The summed E-state index contributed by atoms with van der Waals surface area (Å²) in [5, 5.41) is 7.00. The highest BCUT2D eigenvalue weighted by Crippen LogP contribution is 2.31. The van der Waals surface area contributed by atoms with Crippen LogP contribution in [-0.4, -0.2) is 41.0 Å². The van der Waals surface area contributed by atoms with Crippen LogP contribution in [0.3, 0.4) is 0 Å². The van der Waals surface area contributed by atoms with Crippen molar-refractivity contribution in [3.8, 4) is 11.5 Å². The number of amides is 1. The van der Waals surface area contributed by atoms with E-state index in [0.717, 1.165) is 11.3 Å². The third-order valence-electron chi connectivity index (χ3n) is 4.40. The average molecular weight is 385 g/mol. The van der Waals surface area contributed by atoms with Crippen molar-refractivity contribution >= 4 is 23.6 Å². The number of anilines is 1. The van der Waals surface area contributed by atoms with Crippen molar-refractivity contribution in [1.82, 2.24) is 9.78 Å². The number of hydrogen-bond acceptors (Lipinski definition) is 6. The summed E-state index contributed by atoms with van der Waals surface area (Å²) in [5.74, 6) is 0.284. The molecule has 0 aliphatic carbocycles. The zero-order valence-electron chi connectivity index (χ0n) is 16.3. The van der Waals surface area contributed by atoms with Crippen molar-refractivity contribution in [2.75, 3.05) is 18.5 Å².